The fraction of sp³-hybridized carbons (Fsp3) is 0.375. The van der Waals surface area contributed by atoms with Crippen LogP contribution in [0.4, 0.5) is 24.1 Å². The van der Waals surface area contributed by atoms with Gasteiger partial charge in [0.1, 0.15) is 11.2 Å². The second kappa shape index (κ2) is 16.9. The number of alkyl halides is 3. The van der Waals surface area contributed by atoms with E-state index in [1.807, 2.05) is 37.3 Å². The van der Waals surface area contributed by atoms with Crippen molar-refractivity contribution < 1.29 is 33.0 Å². The summed E-state index contributed by atoms with van der Waals surface area (Å²) in [5, 5.41) is 45.7. The molecule has 2 aromatic carbocycles. The molecule has 5 N–H and O–H groups in total. The monoisotopic (exact) mass is 671 g/mol. The van der Waals surface area contributed by atoms with Gasteiger partial charge in [0.15, 0.2) is 11.9 Å². The van der Waals surface area contributed by atoms with Gasteiger partial charge in [-0.2, -0.15) is 18.3 Å². The number of rotatable bonds is 16. The van der Waals surface area contributed by atoms with Gasteiger partial charge < -0.3 is 26.2 Å². The maximum atomic E-state index is 12.6. The number of carbonyl (C=O) groups excluding carboxylic acids is 2. The van der Waals surface area contributed by atoms with Crippen molar-refractivity contribution in [1.82, 2.24) is 25.7 Å². The standard InChI is InChI=1S/C32H36F3N7O4S/c1-20(23-10-3-2-4-11-23)30(46)38-31-42-41-29(47-31)13-6-5-12-24-14-15-26(40-39-24)37-28(45)17-21-8-7-9-22(16-21)19-36-27(44)18-25(43)32(33,34)35/h2-4,7-11,14-16,20,25,30,43,46H,5-6,12-13,17-19H2,1H3,(H,36,44)(H,38,42)(H,37,40,45). The molecule has 0 saturated carbocycles. The van der Waals surface area contributed by atoms with Gasteiger partial charge >= 0.3 is 6.18 Å². The van der Waals surface area contributed by atoms with Crippen LogP contribution in [-0.2, 0) is 35.4 Å². The van der Waals surface area contributed by atoms with Gasteiger partial charge in [0.2, 0.25) is 16.9 Å². The molecule has 0 spiro atoms. The molecular weight excluding hydrogens is 635 g/mol. The van der Waals surface area contributed by atoms with E-state index in [0.29, 0.717) is 28.5 Å². The number of aliphatic hydroxyl groups excluding tert-OH is 2. The first kappa shape index (κ1) is 35.4. The summed E-state index contributed by atoms with van der Waals surface area (Å²) < 4.78 is 37.3. The minimum atomic E-state index is -4.87. The Balaban J connectivity index is 1.14. The number of nitrogens with zero attached hydrogens (tertiary/aromatic N) is 4. The van der Waals surface area contributed by atoms with Crippen LogP contribution >= 0.6 is 11.3 Å². The largest absolute Gasteiger partial charge is 0.414 e. The maximum Gasteiger partial charge on any atom is 0.414 e. The Morgan fingerprint density at radius 1 is 0.872 bits per heavy atom. The normalized spacial score (nSPS) is 13.4. The van der Waals surface area contributed by atoms with Crippen molar-refractivity contribution in [3.63, 3.8) is 0 Å². The lowest BCUT2D eigenvalue weighted by Crippen LogP contribution is -2.35. The van der Waals surface area contributed by atoms with Crippen LogP contribution in [0.5, 0.6) is 0 Å². The summed E-state index contributed by atoms with van der Waals surface area (Å²) in [5.41, 5.74) is 3.02. The van der Waals surface area contributed by atoms with E-state index in [2.05, 4.69) is 36.3 Å². The first-order chi connectivity index (χ1) is 22.5. The second-order valence-electron chi connectivity index (χ2n) is 11.0. The molecule has 4 rings (SSSR count). The summed E-state index contributed by atoms with van der Waals surface area (Å²) in [5.74, 6) is -1.10. The Bertz CT molecular complexity index is 1590. The molecule has 0 radical (unpaired) electrons. The van der Waals surface area contributed by atoms with Crippen LogP contribution in [-0.4, -0.2) is 60.9 Å². The molecular formula is C32H36F3N7O4S. The number of amides is 2. The summed E-state index contributed by atoms with van der Waals surface area (Å²) in [6.07, 6.45) is -6.33. The first-order valence-corrected chi connectivity index (χ1v) is 15.8. The molecule has 4 aromatic rings. The molecule has 47 heavy (non-hydrogen) atoms. The van der Waals surface area contributed by atoms with Gasteiger partial charge in [-0.3, -0.25) is 9.59 Å². The molecule has 0 aliphatic heterocycles. The van der Waals surface area contributed by atoms with E-state index in [0.717, 1.165) is 35.5 Å². The van der Waals surface area contributed by atoms with E-state index in [9.17, 15) is 27.9 Å². The van der Waals surface area contributed by atoms with Crippen LogP contribution in [0, 0.1) is 0 Å². The molecule has 0 fully saturated rings. The van der Waals surface area contributed by atoms with Crippen molar-refractivity contribution in [3.8, 4) is 0 Å². The van der Waals surface area contributed by atoms with Crippen LogP contribution in [0.1, 0.15) is 59.5 Å². The van der Waals surface area contributed by atoms with Crippen molar-refractivity contribution in [2.45, 2.75) is 76.4 Å². The van der Waals surface area contributed by atoms with Gasteiger partial charge in [0.05, 0.1) is 18.5 Å². The zero-order valence-corrected chi connectivity index (χ0v) is 26.4. The summed E-state index contributed by atoms with van der Waals surface area (Å²) in [7, 11) is 0. The van der Waals surface area contributed by atoms with Crippen molar-refractivity contribution in [1.29, 1.82) is 0 Å². The number of hydrogen-bond acceptors (Lipinski definition) is 10. The van der Waals surface area contributed by atoms with E-state index in [4.69, 9.17) is 5.11 Å². The van der Waals surface area contributed by atoms with Crippen molar-refractivity contribution in [3.05, 3.63) is 94.1 Å². The second-order valence-corrected chi connectivity index (χ2v) is 12.1. The molecule has 2 heterocycles. The van der Waals surface area contributed by atoms with Crippen molar-refractivity contribution >= 4 is 34.1 Å². The van der Waals surface area contributed by atoms with Gasteiger partial charge in [0, 0.05) is 18.9 Å². The molecule has 3 atom stereocenters. The SMILES string of the molecule is CC(c1ccccc1)C(O)Nc1nnc(CCCCc2ccc(NC(=O)Cc3cccc(CNC(=O)CC(O)C(F)(F)F)c3)nn2)s1. The summed E-state index contributed by atoms with van der Waals surface area (Å²) in [4.78, 5) is 24.3. The maximum absolute atomic E-state index is 12.6. The van der Waals surface area contributed by atoms with Crippen LogP contribution < -0.4 is 16.0 Å². The molecule has 3 unspecified atom stereocenters. The Morgan fingerprint density at radius 3 is 2.34 bits per heavy atom. The highest BCUT2D eigenvalue weighted by molar-refractivity contribution is 7.15. The average molecular weight is 672 g/mol. The number of carbonyl (C=O) groups is 2. The first-order valence-electron chi connectivity index (χ1n) is 15.0. The summed E-state index contributed by atoms with van der Waals surface area (Å²) in [6, 6.07) is 19.9. The number of aromatic nitrogens is 4. The average Bonchev–Trinajstić information content (AvgIpc) is 3.49. The van der Waals surface area contributed by atoms with Crippen LogP contribution in [0.3, 0.4) is 0 Å². The van der Waals surface area contributed by atoms with E-state index in [1.54, 1.807) is 36.4 Å². The lowest BCUT2D eigenvalue weighted by Gasteiger charge is -2.19. The highest BCUT2D eigenvalue weighted by Gasteiger charge is 2.39. The fourth-order valence-corrected chi connectivity index (χ4v) is 5.34. The smallest absolute Gasteiger partial charge is 0.383 e. The molecule has 0 aliphatic rings. The van der Waals surface area contributed by atoms with Gasteiger partial charge in [0.25, 0.3) is 0 Å². The summed E-state index contributed by atoms with van der Waals surface area (Å²) in [6.45, 7) is 1.89. The number of benzene rings is 2. The van der Waals surface area contributed by atoms with E-state index in [-0.39, 0.29) is 24.8 Å². The lowest BCUT2D eigenvalue weighted by atomic mass is 10.00. The topological polar surface area (TPSA) is 162 Å². The van der Waals surface area contributed by atoms with Crippen LogP contribution in [0.15, 0.2) is 66.7 Å². The number of halogens is 3. The zero-order chi connectivity index (χ0) is 33.8. The van der Waals surface area contributed by atoms with Gasteiger partial charge in [-0.05, 0) is 48.1 Å². The Labute approximate surface area is 273 Å². The molecule has 2 amide bonds. The quantitative estimate of drug-likeness (QED) is 0.0851. The third kappa shape index (κ3) is 11.7. The van der Waals surface area contributed by atoms with Gasteiger partial charge in [-0.1, -0.05) is 72.9 Å². The number of anilines is 2. The molecule has 0 saturated heterocycles. The number of unbranched alkanes of at least 4 members (excludes halogenated alkanes) is 1. The third-order valence-electron chi connectivity index (χ3n) is 7.20. The lowest BCUT2D eigenvalue weighted by molar-refractivity contribution is -0.205. The highest BCUT2D eigenvalue weighted by atomic mass is 32.1. The fourth-order valence-electron chi connectivity index (χ4n) is 4.53. The molecule has 250 valence electrons. The number of aliphatic hydroxyl groups is 2. The van der Waals surface area contributed by atoms with Gasteiger partial charge in [-0.25, -0.2) is 0 Å². The Hall–Kier alpha value is -4.47. The van der Waals surface area contributed by atoms with Crippen LogP contribution in [0.25, 0.3) is 0 Å². The predicted octanol–water partition coefficient (Wildman–Crippen LogP) is 4.54. The predicted molar refractivity (Wildman–Crippen MR) is 170 cm³/mol. The van der Waals surface area contributed by atoms with Gasteiger partial charge in [-0.15, -0.1) is 15.3 Å². The van der Waals surface area contributed by atoms with Crippen molar-refractivity contribution in [2.75, 3.05) is 10.6 Å². The Kier molecular flexibility index (Phi) is 12.7. The Morgan fingerprint density at radius 2 is 1.62 bits per heavy atom. The minimum Gasteiger partial charge on any atom is -0.383 e. The summed E-state index contributed by atoms with van der Waals surface area (Å²) >= 11 is 1.41. The molecule has 0 bridgehead atoms. The highest BCUT2D eigenvalue weighted by Crippen LogP contribution is 2.24. The number of nitrogens with one attached hydrogen (secondary N) is 3. The number of aryl methyl sites for hydroxylation is 2. The van der Waals surface area contributed by atoms with E-state index in [1.165, 1.54) is 11.3 Å². The third-order valence-corrected chi connectivity index (χ3v) is 8.11. The number of hydrogen-bond donors (Lipinski definition) is 5. The molecule has 11 nitrogen and oxygen atoms in total. The van der Waals surface area contributed by atoms with E-state index >= 15 is 0 Å². The zero-order valence-electron chi connectivity index (χ0n) is 25.6. The van der Waals surface area contributed by atoms with E-state index < -0.39 is 30.8 Å². The van der Waals surface area contributed by atoms with Crippen LogP contribution in [0.2, 0.25) is 0 Å². The molecule has 2 aromatic heterocycles. The van der Waals surface area contributed by atoms with Crippen molar-refractivity contribution in [2.24, 2.45) is 0 Å². The molecule has 15 heteroatoms. The minimum absolute atomic E-state index is 0.00582. The molecule has 0 aliphatic carbocycles.